The molecule has 1 aromatic carbocycles. The van der Waals surface area contributed by atoms with Gasteiger partial charge in [-0.15, -0.1) is 0 Å². The molecule has 20 heavy (non-hydrogen) atoms. The molecule has 4 rings (SSSR count). The van der Waals surface area contributed by atoms with Gasteiger partial charge >= 0.3 is 0 Å². The zero-order chi connectivity index (χ0) is 13.7. The fraction of sp³-hybridized carbons (Fsp3) is 0.562. The second-order valence-corrected chi connectivity index (χ2v) is 6.30. The number of benzene rings is 1. The Balaban J connectivity index is 1.78. The van der Waals surface area contributed by atoms with Crippen LogP contribution in [0.4, 0.5) is 5.69 Å². The zero-order valence-electron chi connectivity index (χ0n) is 11.5. The number of nitrogens with zero attached hydrogens (tertiary/aromatic N) is 1. The molecule has 1 aromatic rings. The van der Waals surface area contributed by atoms with Crippen LogP contribution in [-0.2, 0) is 10.2 Å². The fourth-order valence-corrected chi connectivity index (χ4v) is 4.01. The van der Waals surface area contributed by atoms with E-state index >= 15 is 0 Å². The third kappa shape index (κ3) is 1.52. The summed E-state index contributed by atoms with van der Waals surface area (Å²) in [6.45, 7) is 1.81. The maximum Gasteiger partial charge on any atom is 0.238 e. The maximum absolute atomic E-state index is 13.1. The molecular formula is C16H20N2O2. The number of aliphatic hydroxyl groups is 1. The van der Waals surface area contributed by atoms with Crippen molar-refractivity contribution in [3.05, 3.63) is 29.8 Å². The first-order chi connectivity index (χ1) is 9.72. The molecule has 0 atom stereocenters. The average molecular weight is 272 g/mol. The highest BCUT2D eigenvalue weighted by Crippen LogP contribution is 2.49. The normalized spacial score (nSPS) is 31.2. The molecule has 0 aromatic heterocycles. The Kier molecular flexibility index (Phi) is 2.66. The van der Waals surface area contributed by atoms with Gasteiger partial charge in [0.15, 0.2) is 0 Å². The molecule has 0 bridgehead atoms. The van der Waals surface area contributed by atoms with Gasteiger partial charge in [0.2, 0.25) is 5.91 Å². The Morgan fingerprint density at radius 3 is 2.60 bits per heavy atom. The van der Waals surface area contributed by atoms with Crippen molar-refractivity contribution in [1.29, 1.82) is 0 Å². The number of aliphatic hydroxyl groups excluding tert-OH is 1. The quantitative estimate of drug-likeness (QED) is 0.807. The largest absolute Gasteiger partial charge is 0.393 e. The van der Waals surface area contributed by atoms with Crippen LogP contribution >= 0.6 is 0 Å². The summed E-state index contributed by atoms with van der Waals surface area (Å²) in [6, 6.07) is 8.42. The lowest BCUT2D eigenvalue weighted by molar-refractivity contribution is -0.125. The minimum Gasteiger partial charge on any atom is -0.393 e. The fourth-order valence-electron chi connectivity index (χ4n) is 4.01. The molecule has 106 valence electrons. The van der Waals surface area contributed by atoms with Crippen LogP contribution in [0.15, 0.2) is 24.3 Å². The molecule has 1 spiro atoms. The minimum absolute atomic E-state index is 0.188. The van der Waals surface area contributed by atoms with Crippen molar-refractivity contribution in [2.24, 2.45) is 0 Å². The number of anilines is 1. The third-order valence-electron chi connectivity index (χ3n) is 5.22. The van der Waals surface area contributed by atoms with E-state index in [1.807, 2.05) is 17.0 Å². The molecule has 4 heteroatoms. The number of piperidine rings is 1. The van der Waals surface area contributed by atoms with E-state index in [4.69, 9.17) is 0 Å². The van der Waals surface area contributed by atoms with Crippen LogP contribution in [0.2, 0.25) is 0 Å². The lowest BCUT2D eigenvalue weighted by Gasteiger charge is -2.40. The van der Waals surface area contributed by atoms with Gasteiger partial charge < -0.3 is 15.3 Å². The van der Waals surface area contributed by atoms with Crippen LogP contribution in [0, 0.1) is 0 Å². The number of rotatable bonds is 1. The van der Waals surface area contributed by atoms with Crippen molar-refractivity contribution in [2.45, 2.75) is 43.2 Å². The maximum atomic E-state index is 13.1. The van der Waals surface area contributed by atoms with E-state index in [1.54, 1.807) is 0 Å². The van der Waals surface area contributed by atoms with Crippen LogP contribution in [0.1, 0.15) is 31.2 Å². The molecule has 0 unspecified atom stereocenters. The van der Waals surface area contributed by atoms with E-state index in [9.17, 15) is 9.90 Å². The first-order valence-electron chi connectivity index (χ1n) is 7.54. The van der Waals surface area contributed by atoms with E-state index in [-0.39, 0.29) is 23.5 Å². The number of amides is 1. The van der Waals surface area contributed by atoms with Crippen LogP contribution in [0.3, 0.4) is 0 Å². The predicted molar refractivity (Wildman–Crippen MR) is 76.7 cm³/mol. The molecular weight excluding hydrogens is 252 g/mol. The van der Waals surface area contributed by atoms with Crippen molar-refractivity contribution >= 4 is 11.6 Å². The van der Waals surface area contributed by atoms with Gasteiger partial charge in [-0.25, -0.2) is 0 Å². The minimum atomic E-state index is -0.317. The van der Waals surface area contributed by atoms with Crippen LogP contribution in [0.25, 0.3) is 0 Å². The van der Waals surface area contributed by atoms with Gasteiger partial charge in [-0.3, -0.25) is 4.79 Å². The van der Waals surface area contributed by atoms with Gasteiger partial charge in [0.25, 0.3) is 0 Å². The van der Waals surface area contributed by atoms with Gasteiger partial charge in [0, 0.05) is 11.7 Å². The summed E-state index contributed by atoms with van der Waals surface area (Å²) in [7, 11) is 0. The summed E-state index contributed by atoms with van der Waals surface area (Å²) >= 11 is 0. The second-order valence-electron chi connectivity index (χ2n) is 6.30. The lowest BCUT2D eigenvalue weighted by Crippen LogP contribution is -2.54. The van der Waals surface area contributed by atoms with E-state index in [0.717, 1.165) is 31.6 Å². The van der Waals surface area contributed by atoms with Crippen molar-refractivity contribution in [2.75, 3.05) is 18.0 Å². The number of fused-ring (bicyclic) bond motifs is 2. The highest BCUT2D eigenvalue weighted by atomic mass is 16.3. The number of carbonyl (C=O) groups is 1. The Morgan fingerprint density at radius 2 is 1.90 bits per heavy atom. The van der Waals surface area contributed by atoms with E-state index in [1.165, 1.54) is 5.56 Å². The third-order valence-corrected chi connectivity index (χ3v) is 5.22. The number of para-hydroxylation sites is 1. The first kappa shape index (κ1) is 12.4. The monoisotopic (exact) mass is 272 g/mol. The summed E-state index contributed by atoms with van der Waals surface area (Å²) in [6.07, 6.45) is 2.97. The van der Waals surface area contributed by atoms with E-state index in [2.05, 4.69) is 17.4 Å². The van der Waals surface area contributed by atoms with Gasteiger partial charge in [0.05, 0.1) is 11.5 Å². The highest BCUT2D eigenvalue weighted by Gasteiger charge is 2.53. The molecule has 4 nitrogen and oxygen atoms in total. The summed E-state index contributed by atoms with van der Waals surface area (Å²) < 4.78 is 0. The first-order valence-corrected chi connectivity index (χ1v) is 7.54. The molecule has 1 aliphatic carbocycles. The lowest BCUT2D eigenvalue weighted by atomic mass is 9.74. The zero-order valence-corrected chi connectivity index (χ0v) is 11.5. The molecule has 2 aliphatic heterocycles. The topological polar surface area (TPSA) is 52.6 Å². The summed E-state index contributed by atoms with van der Waals surface area (Å²) in [5, 5.41) is 12.9. The van der Waals surface area contributed by atoms with Crippen molar-refractivity contribution in [1.82, 2.24) is 5.32 Å². The molecule has 2 heterocycles. The van der Waals surface area contributed by atoms with Crippen molar-refractivity contribution in [3.63, 3.8) is 0 Å². The summed E-state index contributed by atoms with van der Waals surface area (Å²) in [5.41, 5.74) is 1.96. The number of carbonyl (C=O) groups excluding carboxylic acids is 1. The molecule has 1 saturated carbocycles. The molecule has 2 N–H and O–H groups in total. The highest BCUT2D eigenvalue weighted by molar-refractivity contribution is 6.08. The molecule has 1 amide bonds. The van der Waals surface area contributed by atoms with Gasteiger partial charge in [-0.1, -0.05) is 18.2 Å². The van der Waals surface area contributed by atoms with Crippen molar-refractivity contribution in [3.8, 4) is 0 Å². The Bertz CT molecular complexity index is 545. The summed E-state index contributed by atoms with van der Waals surface area (Å²) in [5.74, 6) is 0.261. The smallest absolute Gasteiger partial charge is 0.238 e. The standard InChI is InChI=1S/C16H20N2O2/c19-12-9-11(10-12)18-14-4-2-1-3-13(14)16(15(18)20)5-7-17-8-6-16/h1-4,11-12,17,19H,5-10H2/t11-,12+. The van der Waals surface area contributed by atoms with Gasteiger partial charge in [-0.2, -0.15) is 0 Å². The molecule has 2 fully saturated rings. The molecule has 3 aliphatic rings. The van der Waals surface area contributed by atoms with Crippen LogP contribution in [-0.4, -0.2) is 36.2 Å². The number of hydrogen-bond acceptors (Lipinski definition) is 3. The number of nitrogens with one attached hydrogen (secondary N) is 1. The summed E-state index contributed by atoms with van der Waals surface area (Å²) in [4.78, 5) is 15.1. The number of hydrogen-bond donors (Lipinski definition) is 2. The van der Waals surface area contributed by atoms with Gasteiger partial charge in [-0.05, 0) is 50.4 Å². The SMILES string of the molecule is O=C1N([C@H]2C[C@@H](O)C2)c2ccccc2C12CCNCC2. The molecule has 1 saturated heterocycles. The Morgan fingerprint density at radius 1 is 1.20 bits per heavy atom. The van der Waals surface area contributed by atoms with Crippen molar-refractivity contribution < 1.29 is 9.90 Å². The van der Waals surface area contributed by atoms with Crippen LogP contribution < -0.4 is 10.2 Å². The Labute approximate surface area is 118 Å². The molecule has 0 radical (unpaired) electrons. The average Bonchev–Trinajstić information content (AvgIpc) is 2.67. The predicted octanol–water partition coefficient (Wildman–Crippen LogP) is 1.18. The second kappa shape index (κ2) is 4.30. The van der Waals surface area contributed by atoms with E-state index in [0.29, 0.717) is 12.8 Å². The van der Waals surface area contributed by atoms with Crippen LogP contribution in [0.5, 0.6) is 0 Å². The Hall–Kier alpha value is -1.39. The van der Waals surface area contributed by atoms with E-state index < -0.39 is 0 Å². The van der Waals surface area contributed by atoms with Gasteiger partial charge in [0.1, 0.15) is 0 Å².